The Bertz CT molecular complexity index is 389. The summed E-state index contributed by atoms with van der Waals surface area (Å²) in [7, 11) is 0. The highest BCUT2D eigenvalue weighted by atomic mass is 17.2. The second kappa shape index (κ2) is 6.46. The van der Waals surface area contributed by atoms with Crippen molar-refractivity contribution in [2.24, 2.45) is 4.99 Å². The van der Waals surface area contributed by atoms with E-state index in [0.717, 1.165) is 0 Å². The van der Waals surface area contributed by atoms with Gasteiger partial charge in [0.05, 0.1) is 12.4 Å². The van der Waals surface area contributed by atoms with Gasteiger partial charge >= 0.3 is 5.97 Å². The zero-order chi connectivity index (χ0) is 14.7. The van der Waals surface area contributed by atoms with Gasteiger partial charge in [-0.2, -0.15) is 0 Å². The average Bonchev–Trinajstić information content (AvgIpc) is 2.72. The van der Waals surface area contributed by atoms with Crippen LogP contribution in [0.5, 0.6) is 0 Å². The average molecular weight is 290 g/mol. The number of hydrogen-bond acceptors (Lipinski definition) is 9. The predicted molar refractivity (Wildman–Crippen MR) is 64.5 cm³/mol. The van der Waals surface area contributed by atoms with E-state index in [9.17, 15) is 15.0 Å². The van der Waals surface area contributed by atoms with Gasteiger partial charge in [0.25, 0.3) is 0 Å². The first kappa shape index (κ1) is 15.1. The lowest BCUT2D eigenvalue weighted by Crippen LogP contribution is -2.44. The van der Waals surface area contributed by atoms with Crippen LogP contribution in [0.25, 0.3) is 0 Å². The van der Waals surface area contributed by atoms with Crippen LogP contribution < -0.4 is 5.32 Å². The van der Waals surface area contributed by atoms with Gasteiger partial charge in [0.2, 0.25) is 6.29 Å². The summed E-state index contributed by atoms with van der Waals surface area (Å²) in [5.74, 6) is -0.0388. The van der Waals surface area contributed by atoms with Gasteiger partial charge < -0.3 is 25.4 Å². The van der Waals surface area contributed by atoms with Crippen molar-refractivity contribution in [2.75, 3.05) is 13.2 Å². The Morgan fingerprint density at radius 2 is 2.25 bits per heavy atom. The van der Waals surface area contributed by atoms with Crippen molar-refractivity contribution in [1.82, 2.24) is 5.32 Å². The Kier molecular flexibility index (Phi) is 4.89. The minimum absolute atomic E-state index is 0.468. The zero-order valence-corrected chi connectivity index (χ0v) is 10.9. The minimum Gasteiger partial charge on any atom is -0.394 e. The standard InChI is InChI=1S/C11H18N2O7/c1-5-12-3-2-6(13-5)10(17)19-20-11-9(16)8(15)7(4-14)18-11/h6-9,11,14-16H,2-4H2,1H3,(H,12,13)/t6-,7-,8-,9-,11+/m1/s1. The molecule has 2 aliphatic heterocycles. The van der Waals surface area contributed by atoms with Gasteiger partial charge in [-0.15, -0.1) is 4.89 Å². The molecule has 0 aromatic rings. The third kappa shape index (κ3) is 3.25. The van der Waals surface area contributed by atoms with Crippen LogP contribution in [0.15, 0.2) is 4.99 Å². The van der Waals surface area contributed by atoms with E-state index in [0.29, 0.717) is 18.8 Å². The van der Waals surface area contributed by atoms with Crippen LogP contribution in [0.3, 0.4) is 0 Å². The van der Waals surface area contributed by atoms with Crippen LogP contribution in [0.2, 0.25) is 0 Å². The third-order valence-corrected chi connectivity index (χ3v) is 3.16. The molecule has 0 aromatic heterocycles. The quantitative estimate of drug-likeness (QED) is 0.335. The molecular formula is C11H18N2O7. The summed E-state index contributed by atoms with van der Waals surface area (Å²) in [6.07, 6.45) is -4.54. The SMILES string of the molecule is CC1=NCC[C@H](C(=O)OO[C@@H]2O[C@H](CO)[C@@H](O)[C@H]2O)N1. The molecule has 9 nitrogen and oxygen atoms in total. The molecule has 1 fully saturated rings. The maximum Gasteiger partial charge on any atom is 0.364 e. The maximum atomic E-state index is 11.7. The maximum absolute atomic E-state index is 11.7. The first-order chi connectivity index (χ1) is 9.52. The Labute approximate surface area is 115 Å². The highest BCUT2D eigenvalue weighted by Crippen LogP contribution is 2.22. The lowest BCUT2D eigenvalue weighted by molar-refractivity contribution is -0.360. The van der Waals surface area contributed by atoms with E-state index in [2.05, 4.69) is 15.2 Å². The molecule has 5 atom stereocenters. The second-order valence-corrected chi connectivity index (χ2v) is 4.66. The summed E-state index contributed by atoms with van der Waals surface area (Å²) < 4.78 is 5.00. The fourth-order valence-electron chi connectivity index (χ4n) is 2.01. The second-order valence-electron chi connectivity index (χ2n) is 4.66. The van der Waals surface area contributed by atoms with Gasteiger partial charge in [0, 0.05) is 6.54 Å². The number of carbonyl (C=O) groups excluding carboxylic acids is 1. The van der Waals surface area contributed by atoms with Gasteiger partial charge in [-0.3, -0.25) is 9.88 Å². The zero-order valence-electron chi connectivity index (χ0n) is 10.9. The molecule has 2 rings (SSSR count). The molecule has 1 saturated heterocycles. The van der Waals surface area contributed by atoms with Crippen molar-refractivity contribution in [3.63, 3.8) is 0 Å². The van der Waals surface area contributed by atoms with Crippen molar-refractivity contribution >= 4 is 11.8 Å². The molecule has 0 radical (unpaired) electrons. The predicted octanol–water partition coefficient (Wildman–Crippen LogP) is -2.32. The minimum atomic E-state index is -1.40. The summed E-state index contributed by atoms with van der Waals surface area (Å²) >= 11 is 0. The number of hydrogen-bond donors (Lipinski definition) is 4. The molecule has 4 N–H and O–H groups in total. The molecule has 20 heavy (non-hydrogen) atoms. The number of rotatable bonds is 4. The normalized spacial score (nSPS) is 37.2. The van der Waals surface area contributed by atoms with E-state index >= 15 is 0 Å². The van der Waals surface area contributed by atoms with E-state index in [1.165, 1.54) is 0 Å². The monoisotopic (exact) mass is 290 g/mol. The number of aliphatic hydroxyl groups is 3. The fourth-order valence-corrected chi connectivity index (χ4v) is 2.01. The number of carbonyl (C=O) groups is 1. The first-order valence-corrected chi connectivity index (χ1v) is 6.30. The van der Waals surface area contributed by atoms with E-state index in [-0.39, 0.29) is 0 Å². The summed E-state index contributed by atoms with van der Waals surface area (Å²) in [5, 5.41) is 30.8. The van der Waals surface area contributed by atoms with Crippen LogP contribution in [-0.2, 0) is 19.3 Å². The van der Waals surface area contributed by atoms with Crippen molar-refractivity contribution < 1.29 is 34.6 Å². The molecule has 0 saturated carbocycles. The molecule has 2 heterocycles. The van der Waals surface area contributed by atoms with Gasteiger partial charge in [0.15, 0.2) is 0 Å². The topological polar surface area (TPSA) is 130 Å². The molecule has 0 unspecified atom stereocenters. The van der Waals surface area contributed by atoms with Crippen LogP contribution in [0.1, 0.15) is 13.3 Å². The number of amidine groups is 1. The van der Waals surface area contributed by atoms with Crippen LogP contribution >= 0.6 is 0 Å². The number of aliphatic hydroxyl groups excluding tert-OH is 3. The molecule has 0 spiro atoms. The number of ether oxygens (including phenoxy) is 1. The van der Waals surface area contributed by atoms with Crippen LogP contribution in [0.4, 0.5) is 0 Å². The Morgan fingerprint density at radius 3 is 2.85 bits per heavy atom. The highest BCUT2D eigenvalue weighted by Gasteiger charge is 2.44. The fraction of sp³-hybridized carbons (Fsp3) is 0.818. The molecule has 0 bridgehead atoms. The molecule has 9 heteroatoms. The van der Waals surface area contributed by atoms with Crippen LogP contribution in [0, 0.1) is 0 Å². The van der Waals surface area contributed by atoms with E-state index in [1.807, 2.05) is 0 Å². The summed E-state index contributed by atoms with van der Waals surface area (Å²) in [5.41, 5.74) is 0. The largest absolute Gasteiger partial charge is 0.394 e. The highest BCUT2D eigenvalue weighted by molar-refractivity contribution is 5.87. The van der Waals surface area contributed by atoms with E-state index in [4.69, 9.17) is 14.7 Å². The van der Waals surface area contributed by atoms with Gasteiger partial charge in [-0.05, 0) is 13.3 Å². The van der Waals surface area contributed by atoms with E-state index in [1.54, 1.807) is 6.92 Å². The van der Waals surface area contributed by atoms with Gasteiger partial charge in [-0.1, -0.05) is 0 Å². The first-order valence-electron chi connectivity index (χ1n) is 6.30. The smallest absolute Gasteiger partial charge is 0.364 e. The number of nitrogens with zero attached hydrogens (tertiary/aromatic N) is 1. The van der Waals surface area contributed by atoms with E-state index < -0.39 is 43.2 Å². The number of aliphatic imine (C=N–C) groups is 1. The van der Waals surface area contributed by atoms with Crippen molar-refractivity contribution in [3.05, 3.63) is 0 Å². The Morgan fingerprint density at radius 1 is 1.50 bits per heavy atom. The lowest BCUT2D eigenvalue weighted by atomic mass is 10.1. The molecule has 114 valence electrons. The molecular weight excluding hydrogens is 272 g/mol. The third-order valence-electron chi connectivity index (χ3n) is 3.16. The van der Waals surface area contributed by atoms with Gasteiger partial charge in [-0.25, -0.2) is 4.79 Å². The Balaban J connectivity index is 1.80. The molecule has 0 aliphatic carbocycles. The summed E-state index contributed by atoms with van der Waals surface area (Å²) in [4.78, 5) is 25.1. The van der Waals surface area contributed by atoms with Crippen molar-refractivity contribution in [2.45, 2.75) is 44.0 Å². The lowest BCUT2D eigenvalue weighted by Gasteiger charge is -2.21. The Hall–Kier alpha value is -1.26. The van der Waals surface area contributed by atoms with Crippen LogP contribution in [-0.4, -0.2) is 70.9 Å². The molecule has 0 amide bonds. The molecule has 0 aromatic carbocycles. The summed E-state index contributed by atoms with van der Waals surface area (Å²) in [6, 6.07) is -0.579. The molecule has 2 aliphatic rings. The number of nitrogens with one attached hydrogen (secondary N) is 1. The summed E-state index contributed by atoms with van der Waals surface area (Å²) in [6.45, 7) is 1.75. The van der Waals surface area contributed by atoms with Crippen molar-refractivity contribution in [3.8, 4) is 0 Å². The van der Waals surface area contributed by atoms with Crippen molar-refractivity contribution in [1.29, 1.82) is 0 Å². The van der Waals surface area contributed by atoms with Gasteiger partial charge in [0.1, 0.15) is 24.4 Å².